The molecule has 3 nitrogen and oxygen atoms in total. The van der Waals surface area contributed by atoms with Crippen LogP contribution in [-0.4, -0.2) is 51.1 Å². The molecule has 0 fully saturated rings. The molecule has 0 spiro atoms. The van der Waals surface area contributed by atoms with Crippen molar-refractivity contribution in [2.24, 2.45) is 0 Å². The number of hydrogen-bond donors (Lipinski definition) is 0. The SMILES string of the molecule is C[SiH2]O[Si](C)(C)CCC[SiH2]O[Si](C)(C)CCCO[Si](C)(C)C. The highest BCUT2D eigenvalue weighted by atomic mass is 28.4. The molecule has 0 heterocycles. The first-order valence-electron chi connectivity index (χ1n) is 8.89. The van der Waals surface area contributed by atoms with E-state index >= 15 is 0 Å². The highest BCUT2D eigenvalue weighted by Gasteiger charge is 2.23. The predicted octanol–water partition coefficient (Wildman–Crippen LogP) is 3.70. The summed E-state index contributed by atoms with van der Waals surface area (Å²) in [6, 6.07) is 3.89. The third-order valence-electron chi connectivity index (χ3n) is 3.66. The first-order valence-corrected chi connectivity index (χ1v) is 22.1. The van der Waals surface area contributed by atoms with Crippen LogP contribution in [0.1, 0.15) is 12.8 Å². The zero-order valence-electron chi connectivity index (χ0n) is 16.4. The largest absolute Gasteiger partial charge is 0.461 e. The average Bonchev–Trinajstić information content (AvgIpc) is 2.33. The van der Waals surface area contributed by atoms with Crippen molar-refractivity contribution in [3.05, 3.63) is 0 Å². The summed E-state index contributed by atoms with van der Waals surface area (Å²) in [5.41, 5.74) is 0. The van der Waals surface area contributed by atoms with E-state index in [4.69, 9.17) is 12.7 Å². The lowest BCUT2D eigenvalue weighted by atomic mass is 10.5. The lowest BCUT2D eigenvalue weighted by Crippen LogP contribution is -2.34. The zero-order chi connectivity index (χ0) is 17.3. The van der Waals surface area contributed by atoms with E-state index in [1.165, 1.54) is 31.0 Å². The van der Waals surface area contributed by atoms with E-state index in [0.717, 1.165) is 6.61 Å². The minimum Gasteiger partial charge on any atom is -0.461 e. The minimum absolute atomic E-state index is 0.235. The van der Waals surface area contributed by atoms with Gasteiger partial charge in [0, 0.05) is 6.61 Å². The number of hydrogen-bond acceptors (Lipinski definition) is 3. The van der Waals surface area contributed by atoms with Crippen LogP contribution in [0.2, 0.25) is 70.5 Å². The molecule has 0 aromatic carbocycles. The Hall–Kier alpha value is 0.964. The van der Waals surface area contributed by atoms with Crippen LogP contribution in [-0.2, 0) is 12.7 Å². The van der Waals surface area contributed by atoms with Crippen molar-refractivity contribution in [2.75, 3.05) is 6.61 Å². The van der Waals surface area contributed by atoms with Gasteiger partial charge >= 0.3 is 0 Å². The second kappa shape index (κ2) is 10.8. The van der Waals surface area contributed by atoms with Gasteiger partial charge in [0.05, 0.1) is 0 Å². The maximum Gasteiger partial charge on any atom is 0.183 e. The molecule has 0 atom stereocenters. The predicted molar refractivity (Wildman–Crippen MR) is 113 cm³/mol. The molecule has 134 valence electrons. The third kappa shape index (κ3) is 14.5. The van der Waals surface area contributed by atoms with Gasteiger partial charge in [-0.2, -0.15) is 0 Å². The fraction of sp³-hybridized carbons (Fsp3) is 1.00. The molecule has 0 unspecified atom stereocenters. The van der Waals surface area contributed by atoms with Crippen molar-refractivity contribution in [3.63, 3.8) is 0 Å². The Labute approximate surface area is 147 Å². The van der Waals surface area contributed by atoms with Crippen molar-refractivity contribution < 1.29 is 12.7 Å². The van der Waals surface area contributed by atoms with Crippen molar-refractivity contribution >= 4 is 44.5 Å². The first kappa shape index (κ1) is 23.0. The number of rotatable bonds is 13. The Balaban J connectivity index is 3.71. The van der Waals surface area contributed by atoms with Crippen molar-refractivity contribution in [2.45, 2.75) is 83.4 Å². The summed E-state index contributed by atoms with van der Waals surface area (Å²) in [6.45, 7) is 19.4. The van der Waals surface area contributed by atoms with Gasteiger partial charge in [0.15, 0.2) is 25.0 Å². The van der Waals surface area contributed by atoms with Crippen molar-refractivity contribution in [1.29, 1.82) is 0 Å². The Morgan fingerprint density at radius 2 is 1.32 bits per heavy atom. The van der Waals surface area contributed by atoms with Crippen LogP contribution in [0.3, 0.4) is 0 Å². The Kier molecular flexibility index (Phi) is 11.2. The standard InChI is InChI=1S/C14H40O3Si5/c1-18-16-21(5,6)14-10-12-19-17-22(7,8)13-9-11-15-20(2,3)4/h9-14,18-19H2,1-8H3. The average molecular weight is 397 g/mol. The van der Waals surface area contributed by atoms with Gasteiger partial charge in [0.1, 0.15) is 19.5 Å². The van der Waals surface area contributed by atoms with Gasteiger partial charge in [-0.3, -0.25) is 0 Å². The highest BCUT2D eigenvalue weighted by Crippen LogP contribution is 2.17. The molecule has 0 saturated carbocycles. The minimum atomic E-state index is -1.43. The molecule has 0 amide bonds. The summed E-state index contributed by atoms with van der Waals surface area (Å²) in [5.74, 6) is 0. The zero-order valence-corrected chi connectivity index (χ0v) is 22.2. The Bertz CT molecular complexity index is 293. The van der Waals surface area contributed by atoms with Crippen LogP contribution in [0.5, 0.6) is 0 Å². The Morgan fingerprint density at radius 1 is 0.773 bits per heavy atom. The van der Waals surface area contributed by atoms with Gasteiger partial charge in [-0.15, -0.1) is 0 Å². The lowest BCUT2D eigenvalue weighted by molar-refractivity contribution is 0.309. The van der Waals surface area contributed by atoms with E-state index in [-0.39, 0.29) is 19.5 Å². The summed E-state index contributed by atoms with van der Waals surface area (Å²) in [6.07, 6.45) is 2.50. The second-order valence-electron chi connectivity index (χ2n) is 8.32. The van der Waals surface area contributed by atoms with Crippen molar-refractivity contribution in [1.82, 2.24) is 0 Å². The second-order valence-corrected chi connectivity index (χ2v) is 24.9. The van der Waals surface area contributed by atoms with Gasteiger partial charge in [-0.1, -0.05) is 13.0 Å². The van der Waals surface area contributed by atoms with E-state index < -0.39 is 25.0 Å². The summed E-state index contributed by atoms with van der Waals surface area (Å²) in [4.78, 5) is 0. The van der Waals surface area contributed by atoms with E-state index in [0.29, 0.717) is 0 Å². The summed E-state index contributed by atoms with van der Waals surface area (Å²) < 4.78 is 18.3. The van der Waals surface area contributed by atoms with Crippen LogP contribution >= 0.6 is 0 Å². The van der Waals surface area contributed by atoms with Crippen molar-refractivity contribution in [3.8, 4) is 0 Å². The van der Waals surface area contributed by atoms with Gasteiger partial charge in [0.25, 0.3) is 0 Å². The van der Waals surface area contributed by atoms with Gasteiger partial charge in [-0.05, 0) is 70.4 Å². The molecule has 0 aromatic heterocycles. The molecule has 0 saturated heterocycles. The van der Waals surface area contributed by atoms with E-state index in [1.54, 1.807) is 0 Å². The molecule has 0 aliphatic carbocycles. The van der Waals surface area contributed by atoms with Crippen LogP contribution < -0.4 is 0 Å². The topological polar surface area (TPSA) is 27.7 Å². The molecule has 0 radical (unpaired) electrons. The molecule has 22 heavy (non-hydrogen) atoms. The maximum absolute atomic E-state index is 6.35. The molecule has 0 bridgehead atoms. The molecule has 0 aromatic rings. The fourth-order valence-electron chi connectivity index (χ4n) is 2.41. The molecular formula is C14H40O3Si5. The summed E-state index contributed by atoms with van der Waals surface area (Å²) in [7, 11) is -4.64. The Morgan fingerprint density at radius 3 is 1.86 bits per heavy atom. The molecular weight excluding hydrogens is 357 g/mol. The van der Waals surface area contributed by atoms with E-state index in [9.17, 15) is 0 Å². The smallest absolute Gasteiger partial charge is 0.183 e. The molecule has 0 aliphatic rings. The van der Waals surface area contributed by atoms with Gasteiger partial charge < -0.3 is 12.7 Å². The summed E-state index contributed by atoms with van der Waals surface area (Å²) in [5, 5.41) is 0. The van der Waals surface area contributed by atoms with Gasteiger partial charge in [0.2, 0.25) is 0 Å². The van der Waals surface area contributed by atoms with Crippen LogP contribution in [0, 0.1) is 0 Å². The normalized spacial score (nSPS) is 14.7. The van der Waals surface area contributed by atoms with Crippen LogP contribution in [0.25, 0.3) is 0 Å². The summed E-state index contributed by atoms with van der Waals surface area (Å²) >= 11 is 0. The highest BCUT2D eigenvalue weighted by molar-refractivity contribution is 6.75. The fourth-order valence-corrected chi connectivity index (χ4v) is 13.3. The van der Waals surface area contributed by atoms with Crippen LogP contribution in [0.15, 0.2) is 0 Å². The molecule has 0 N–H and O–H groups in total. The maximum atomic E-state index is 6.35. The molecule has 0 aliphatic heterocycles. The first-order chi connectivity index (χ1) is 9.97. The third-order valence-corrected chi connectivity index (χ3v) is 16.9. The molecule has 8 heteroatoms. The van der Waals surface area contributed by atoms with E-state index in [2.05, 4.69) is 52.4 Å². The molecule has 0 rings (SSSR count). The van der Waals surface area contributed by atoms with Gasteiger partial charge in [-0.25, -0.2) is 0 Å². The van der Waals surface area contributed by atoms with E-state index in [1.807, 2.05) is 0 Å². The monoisotopic (exact) mass is 396 g/mol. The lowest BCUT2D eigenvalue weighted by Gasteiger charge is -2.25. The van der Waals surface area contributed by atoms with Crippen LogP contribution in [0.4, 0.5) is 0 Å². The quantitative estimate of drug-likeness (QED) is 0.351.